The fraction of sp³-hybridized carbons (Fsp3) is 0.765. The molecule has 1 heterocycles. The van der Waals surface area contributed by atoms with Crippen molar-refractivity contribution in [2.24, 2.45) is 0 Å². The second-order valence-corrected chi connectivity index (χ2v) is 5.32. The van der Waals surface area contributed by atoms with Gasteiger partial charge in [-0.2, -0.15) is 0 Å². The van der Waals surface area contributed by atoms with Gasteiger partial charge in [-0.25, -0.2) is 9.97 Å². The van der Waals surface area contributed by atoms with Crippen molar-refractivity contribution >= 4 is 0 Å². The second-order valence-electron chi connectivity index (χ2n) is 5.32. The van der Waals surface area contributed by atoms with Gasteiger partial charge in [0.15, 0.2) is 0 Å². The molecular formula is C17H31N3O. The number of unbranched alkanes of at least 4 members (excludes halogenated alkanes) is 1. The molecule has 4 nitrogen and oxygen atoms in total. The number of ether oxygens (including phenoxy) is 1. The van der Waals surface area contributed by atoms with E-state index in [0.29, 0.717) is 0 Å². The van der Waals surface area contributed by atoms with Crippen LogP contribution in [0.4, 0.5) is 0 Å². The van der Waals surface area contributed by atoms with Gasteiger partial charge < -0.3 is 10.1 Å². The summed E-state index contributed by atoms with van der Waals surface area (Å²) in [7, 11) is 1.73. The summed E-state index contributed by atoms with van der Waals surface area (Å²) in [4.78, 5) is 9.58. The highest BCUT2D eigenvalue weighted by Crippen LogP contribution is 2.15. The first-order valence-corrected chi connectivity index (χ1v) is 8.33. The van der Waals surface area contributed by atoms with E-state index in [1.165, 1.54) is 29.8 Å². The molecular weight excluding hydrogens is 262 g/mol. The molecule has 1 rings (SSSR count). The largest absolute Gasteiger partial charge is 0.383 e. The Labute approximate surface area is 129 Å². The zero-order valence-corrected chi connectivity index (χ0v) is 14.2. The van der Waals surface area contributed by atoms with Gasteiger partial charge >= 0.3 is 0 Å². The van der Waals surface area contributed by atoms with Crippen molar-refractivity contribution in [3.8, 4) is 0 Å². The Bertz CT molecular complexity index is 382. The molecule has 0 aliphatic carbocycles. The summed E-state index contributed by atoms with van der Waals surface area (Å²) < 4.78 is 5.05. The molecule has 4 heteroatoms. The summed E-state index contributed by atoms with van der Waals surface area (Å²) in [5.41, 5.74) is 3.83. The predicted molar refractivity (Wildman–Crippen MR) is 87.8 cm³/mol. The van der Waals surface area contributed by atoms with Crippen molar-refractivity contribution in [3.05, 3.63) is 22.8 Å². The molecule has 0 aliphatic rings. The number of hydrogen-bond acceptors (Lipinski definition) is 4. The van der Waals surface area contributed by atoms with Gasteiger partial charge in [0, 0.05) is 31.5 Å². The van der Waals surface area contributed by atoms with Gasteiger partial charge in [-0.1, -0.05) is 27.2 Å². The Hall–Kier alpha value is -1.00. The minimum atomic E-state index is 0.758. The third kappa shape index (κ3) is 6.10. The Morgan fingerprint density at radius 2 is 1.62 bits per heavy atom. The van der Waals surface area contributed by atoms with E-state index in [4.69, 9.17) is 14.7 Å². The molecule has 0 saturated heterocycles. The standard InChI is InChI=1S/C17H31N3O/c1-5-8-9-17-19-15(6-2)14(16(7-3)20-17)10-11-18-12-13-21-4/h18H,5-13H2,1-4H3. The number of nitrogens with one attached hydrogen (secondary N) is 1. The maximum Gasteiger partial charge on any atom is 0.128 e. The number of rotatable bonds is 11. The summed E-state index contributed by atoms with van der Waals surface area (Å²) in [6.07, 6.45) is 6.35. The summed E-state index contributed by atoms with van der Waals surface area (Å²) in [6, 6.07) is 0. The second kappa shape index (κ2) is 10.7. The topological polar surface area (TPSA) is 47.0 Å². The van der Waals surface area contributed by atoms with Gasteiger partial charge in [-0.3, -0.25) is 0 Å². The Kier molecular flexibility index (Phi) is 9.19. The molecule has 0 radical (unpaired) electrons. The van der Waals surface area contributed by atoms with E-state index in [2.05, 4.69) is 26.1 Å². The van der Waals surface area contributed by atoms with Crippen molar-refractivity contribution < 1.29 is 4.74 Å². The molecule has 0 bridgehead atoms. The highest BCUT2D eigenvalue weighted by Gasteiger charge is 2.11. The first-order chi connectivity index (χ1) is 10.3. The monoisotopic (exact) mass is 293 g/mol. The fourth-order valence-electron chi connectivity index (χ4n) is 2.47. The third-order valence-corrected chi connectivity index (χ3v) is 3.68. The van der Waals surface area contributed by atoms with Crippen molar-refractivity contribution in [1.82, 2.24) is 15.3 Å². The molecule has 1 aromatic heterocycles. The zero-order valence-electron chi connectivity index (χ0n) is 14.2. The molecule has 0 aromatic carbocycles. The van der Waals surface area contributed by atoms with Crippen LogP contribution in [0.3, 0.4) is 0 Å². The molecule has 1 aromatic rings. The average molecular weight is 293 g/mol. The molecule has 120 valence electrons. The van der Waals surface area contributed by atoms with Crippen molar-refractivity contribution in [3.63, 3.8) is 0 Å². The lowest BCUT2D eigenvalue weighted by Crippen LogP contribution is -2.23. The maximum atomic E-state index is 5.05. The van der Waals surface area contributed by atoms with E-state index in [1.807, 2.05) is 0 Å². The molecule has 0 saturated carbocycles. The van der Waals surface area contributed by atoms with E-state index in [1.54, 1.807) is 7.11 Å². The van der Waals surface area contributed by atoms with E-state index in [-0.39, 0.29) is 0 Å². The van der Waals surface area contributed by atoms with Crippen LogP contribution in [0.1, 0.15) is 56.4 Å². The summed E-state index contributed by atoms with van der Waals surface area (Å²) >= 11 is 0. The van der Waals surface area contributed by atoms with Gasteiger partial charge in [-0.05, 0) is 37.8 Å². The SMILES string of the molecule is CCCCc1nc(CC)c(CCNCCOC)c(CC)n1. The highest BCUT2D eigenvalue weighted by atomic mass is 16.5. The molecule has 0 atom stereocenters. The van der Waals surface area contributed by atoms with Gasteiger partial charge in [-0.15, -0.1) is 0 Å². The number of nitrogens with zero attached hydrogens (tertiary/aromatic N) is 2. The normalized spacial score (nSPS) is 11.0. The number of aryl methyl sites for hydroxylation is 3. The lowest BCUT2D eigenvalue weighted by Gasteiger charge is -2.14. The molecule has 0 aliphatic heterocycles. The molecule has 0 fully saturated rings. The van der Waals surface area contributed by atoms with E-state index >= 15 is 0 Å². The third-order valence-electron chi connectivity index (χ3n) is 3.68. The van der Waals surface area contributed by atoms with Crippen LogP contribution in [0.15, 0.2) is 0 Å². The van der Waals surface area contributed by atoms with E-state index < -0.39 is 0 Å². The fourth-order valence-corrected chi connectivity index (χ4v) is 2.47. The van der Waals surface area contributed by atoms with Gasteiger partial charge in [0.1, 0.15) is 5.82 Å². The highest BCUT2D eigenvalue weighted by molar-refractivity contribution is 5.27. The molecule has 21 heavy (non-hydrogen) atoms. The average Bonchev–Trinajstić information content (AvgIpc) is 2.52. The van der Waals surface area contributed by atoms with Crippen LogP contribution < -0.4 is 5.32 Å². The van der Waals surface area contributed by atoms with E-state index in [9.17, 15) is 0 Å². The first-order valence-electron chi connectivity index (χ1n) is 8.33. The molecule has 0 amide bonds. The summed E-state index contributed by atoms with van der Waals surface area (Å²) in [5.74, 6) is 1.03. The Morgan fingerprint density at radius 3 is 2.14 bits per heavy atom. The van der Waals surface area contributed by atoms with Gasteiger partial charge in [0.2, 0.25) is 0 Å². The molecule has 1 N–H and O–H groups in total. The lowest BCUT2D eigenvalue weighted by molar-refractivity contribution is 0.199. The predicted octanol–water partition coefficient (Wildman–Crippen LogP) is 2.72. The number of hydrogen-bond donors (Lipinski definition) is 1. The van der Waals surface area contributed by atoms with Crippen LogP contribution in [-0.2, 0) is 30.4 Å². The number of aromatic nitrogens is 2. The number of methoxy groups -OCH3 is 1. The van der Waals surface area contributed by atoms with Gasteiger partial charge in [0.25, 0.3) is 0 Å². The van der Waals surface area contributed by atoms with E-state index in [0.717, 1.165) is 51.2 Å². The zero-order chi connectivity index (χ0) is 15.5. The summed E-state index contributed by atoms with van der Waals surface area (Å²) in [6.45, 7) is 9.20. The minimum Gasteiger partial charge on any atom is -0.383 e. The van der Waals surface area contributed by atoms with Crippen molar-refractivity contribution in [2.75, 3.05) is 26.8 Å². The summed E-state index contributed by atoms with van der Waals surface area (Å²) in [5, 5.41) is 3.41. The lowest BCUT2D eigenvalue weighted by atomic mass is 10.0. The van der Waals surface area contributed by atoms with Crippen LogP contribution in [0, 0.1) is 0 Å². The Balaban J connectivity index is 2.75. The first kappa shape index (κ1) is 18.1. The van der Waals surface area contributed by atoms with Crippen LogP contribution in [-0.4, -0.2) is 36.8 Å². The maximum absolute atomic E-state index is 5.05. The Morgan fingerprint density at radius 1 is 0.952 bits per heavy atom. The molecule has 0 unspecified atom stereocenters. The minimum absolute atomic E-state index is 0.758. The quantitative estimate of drug-likeness (QED) is 0.637. The molecule has 0 spiro atoms. The van der Waals surface area contributed by atoms with Crippen molar-refractivity contribution in [2.45, 2.75) is 59.3 Å². The van der Waals surface area contributed by atoms with Gasteiger partial charge in [0.05, 0.1) is 6.61 Å². The smallest absolute Gasteiger partial charge is 0.128 e. The van der Waals surface area contributed by atoms with Crippen LogP contribution in [0.25, 0.3) is 0 Å². The van der Waals surface area contributed by atoms with Crippen molar-refractivity contribution in [1.29, 1.82) is 0 Å². The van der Waals surface area contributed by atoms with Crippen LogP contribution in [0.5, 0.6) is 0 Å². The van der Waals surface area contributed by atoms with Crippen LogP contribution in [0.2, 0.25) is 0 Å². The van der Waals surface area contributed by atoms with Crippen LogP contribution >= 0.6 is 0 Å².